The summed E-state index contributed by atoms with van der Waals surface area (Å²) >= 11 is 0. The highest BCUT2D eigenvalue weighted by Crippen LogP contribution is 2.18. The van der Waals surface area contributed by atoms with Crippen LogP contribution in [-0.2, 0) is 10.3 Å². The van der Waals surface area contributed by atoms with Crippen LogP contribution in [0.5, 0.6) is 0 Å². The second-order valence-corrected chi connectivity index (χ2v) is 6.95. The largest absolute Gasteiger partial charge is 0.350 e. The van der Waals surface area contributed by atoms with Gasteiger partial charge in [-0.1, -0.05) is 37.3 Å². The first-order valence-corrected chi connectivity index (χ1v) is 8.27. The molecule has 0 bridgehead atoms. The average Bonchev–Trinajstić information content (AvgIpc) is 2.48. The number of carbonyl (C=O) groups excluding carboxylic acids is 1. The molecule has 1 aliphatic heterocycles. The van der Waals surface area contributed by atoms with Gasteiger partial charge in [-0.2, -0.15) is 0 Å². The van der Waals surface area contributed by atoms with Crippen molar-refractivity contribution in [2.24, 2.45) is 11.7 Å². The van der Waals surface area contributed by atoms with E-state index in [2.05, 4.69) is 24.1 Å². The molecule has 1 aromatic rings. The van der Waals surface area contributed by atoms with Crippen LogP contribution in [0.25, 0.3) is 0 Å². The number of carbonyl (C=O) groups is 1. The maximum Gasteiger partial charge on any atom is 0.244 e. The number of benzene rings is 1. The van der Waals surface area contributed by atoms with Gasteiger partial charge in [0.05, 0.1) is 0 Å². The van der Waals surface area contributed by atoms with Gasteiger partial charge in [-0.3, -0.25) is 4.79 Å². The molecule has 1 aliphatic rings. The van der Waals surface area contributed by atoms with E-state index in [-0.39, 0.29) is 11.9 Å². The van der Waals surface area contributed by atoms with Crippen LogP contribution in [0.1, 0.15) is 39.2 Å². The summed E-state index contributed by atoms with van der Waals surface area (Å²) in [6, 6.07) is 9.65. The van der Waals surface area contributed by atoms with Crippen LogP contribution in [-0.4, -0.2) is 36.5 Å². The van der Waals surface area contributed by atoms with Crippen LogP contribution in [0, 0.1) is 5.92 Å². The van der Waals surface area contributed by atoms with E-state index in [1.54, 1.807) is 6.92 Å². The van der Waals surface area contributed by atoms with Gasteiger partial charge in [0.1, 0.15) is 5.54 Å². The molecule has 0 aromatic heterocycles. The van der Waals surface area contributed by atoms with Crippen molar-refractivity contribution in [1.82, 2.24) is 10.2 Å². The normalized spacial score (nSPS) is 23.5. The number of hydrogen-bond donors (Lipinski definition) is 2. The van der Waals surface area contributed by atoms with Gasteiger partial charge in [-0.25, -0.2) is 0 Å². The van der Waals surface area contributed by atoms with Crippen LogP contribution < -0.4 is 11.1 Å². The molecular formula is C18H29N3O. The quantitative estimate of drug-likeness (QED) is 0.876. The standard InChI is InChI=1S/C18H29N3O/c1-14-8-7-11-21(12-14)13-15(2)20-17(22)18(3,19)16-9-5-4-6-10-16/h4-6,9-10,14-15H,7-8,11-13,19H2,1-3H3,(H,20,22). The third kappa shape index (κ3) is 4.31. The summed E-state index contributed by atoms with van der Waals surface area (Å²) < 4.78 is 0. The highest BCUT2D eigenvalue weighted by Gasteiger charge is 2.31. The summed E-state index contributed by atoms with van der Waals surface area (Å²) in [5, 5.41) is 3.08. The molecule has 4 nitrogen and oxygen atoms in total. The zero-order valence-corrected chi connectivity index (χ0v) is 14.0. The summed E-state index contributed by atoms with van der Waals surface area (Å²) in [5.41, 5.74) is 6.10. The first-order valence-electron chi connectivity index (χ1n) is 8.27. The average molecular weight is 303 g/mol. The lowest BCUT2D eigenvalue weighted by molar-refractivity contribution is -0.126. The van der Waals surface area contributed by atoms with Crippen molar-refractivity contribution >= 4 is 5.91 Å². The molecule has 0 radical (unpaired) electrons. The molecular weight excluding hydrogens is 274 g/mol. The van der Waals surface area contributed by atoms with Crippen molar-refractivity contribution in [3.05, 3.63) is 35.9 Å². The molecule has 3 atom stereocenters. The van der Waals surface area contributed by atoms with Crippen molar-refractivity contribution in [2.45, 2.75) is 45.2 Å². The van der Waals surface area contributed by atoms with Crippen LogP contribution >= 0.6 is 0 Å². The molecule has 0 aliphatic carbocycles. The fraction of sp³-hybridized carbons (Fsp3) is 0.611. The van der Waals surface area contributed by atoms with E-state index >= 15 is 0 Å². The van der Waals surface area contributed by atoms with Gasteiger partial charge in [-0.15, -0.1) is 0 Å². The van der Waals surface area contributed by atoms with Gasteiger partial charge in [0, 0.05) is 19.1 Å². The van der Waals surface area contributed by atoms with E-state index in [0.717, 1.165) is 31.1 Å². The Morgan fingerprint density at radius 2 is 2.14 bits per heavy atom. The predicted molar refractivity (Wildman–Crippen MR) is 90.4 cm³/mol. The topological polar surface area (TPSA) is 58.4 Å². The van der Waals surface area contributed by atoms with Crippen molar-refractivity contribution in [2.75, 3.05) is 19.6 Å². The van der Waals surface area contributed by atoms with E-state index in [4.69, 9.17) is 5.73 Å². The lowest BCUT2D eigenvalue weighted by Crippen LogP contribution is -2.54. The number of amides is 1. The van der Waals surface area contributed by atoms with Gasteiger partial charge in [0.2, 0.25) is 5.91 Å². The number of nitrogens with one attached hydrogen (secondary N) is 1. The predicted octanol–water partition coefficient (Wildman–Crippen LogP) is 2.10. The van der Waals surface area contributed by atoms with E-state index in [0.29, 0.717) is 0 Å². The van der Waals surface area contributed by atoms with Crippen molar-refractivity contribution in [3.8, 4) is 0 Å². The van der Waals surface area contributed by atoms with Gasteiger partial charge in [0.25, 0.3) is 0 Å². The Bertz CT molecular complexity index is 486. The monoisotopic (exact) mass is 303 g/mol. The SMILES string of the molecule is CC1CCCN(CC(C)NC(=O)C(C)(N)c2ccccc2)C1. The Kier molecular flexibility index (Phi) is 5.59. The maximum atomic E-state index is 12.5. The summed E-state index contributed by atoms with van der Waals surface area (Å²) in [5.74, 6) is 0.636. The molecule has 1 heterocycles. The Morgan fingerprint density at radius 1 is 1.45 bits per heavy atom. The van der Waals surface area contributed by atoms with Gasteiger partial charge < -0.3 is 16.0 Å². The lowest BCUT2D eigenvalue weighted by atomic mass is 9.92. The number of hydrogen-bond acceptors (Lipinski definition) is 3. The van der Waals surface area contributed by atoms with E-state index in [1.165, 1.54) is 12.8 Å². The molecule has 0 spiro atoms. The molecule has 1 amide bonds. The fourth-order valence-electron chi connectivity index (χ4n) is 3.17. The molecule has 0 saturated carbocycles. The first-order chi connectivity index (χ1) is 10.4. The van der Waals surface area contributed by atoms with Crippen molar-refractivity contribution in [1.29, 1.82) is 0 Å². The molecule has 1 aromatic carbocycles. The molecule has 3 N–H and O–H groups in total. The summed E-state index contributed by atoms with van der Waals surface area (Å²) in [7, 11) is 0. The number of rotatable bonds is 5. The van der Waals surface area contributed by atoms with E-state index in [9.17, 15) is 4.79 Å². The number of nitrogens with zero attached hydrogens (tertiary/aromatic N) is 1. The Hall–Kier alpha value is -1.39. The molecule has 122 valence electrons. The van der Waals surface area contributed by atoms with Gasteiger partial charge >= 0.3 is 0 Å². The highest BCUT2D eigenvalue weighted by molar-refractivity contribution is 5.87. The number of likely N-dealkylation sites (tertiary alicyclic amines) is 1. The third-order valence-corrected chi connectivity index (χ3v) is 4.50. The Labute approximate surface area is 134 Å². The highest BCUT2D eigenvalue weighted by atomic mass is 16.2. The first kappa shape index (κ1) is 17.0. The Morgan fingerprint density at radius 3 is 2.77 bits per heavy atom. The summed E-state index contributed by atoms with van der Waals surface area (Å²) in [4.78, 5) is 15.0. The summed E-state index contributed by atoms with van der Waals surface area (Å²) in [6.45, 7) is 9.26. The number of nitrogens with two attached hydrogens (primary N) is 1. The minimum absolute atomic E-state index is 0.101. The maximum absolute atomic E-state index is 12.5. The zero-order valence-electron chi connectivity index (χ0n) is 14.0. The fourth-order valence-corrected chi connectivity index (χ4v) is 3.17. The van der Waals surface area contributed by atoms with Crippen LogP contribution in [0.2, 0.25) is 0 Å². The molecule has 1 fully saturated rings. The smallest absolute Gasteiger partial charge is 0.244 e. The molecule has 2 rings (SSSR count). The van der Waals surface area contributed by atoms with Crippen molar-refractivity contribution in [3.63, 3.8) is 0 Å². The summed E-state index contributed by atoms with van der Waals surface area (Å²) in [6.07, 6.45) is 2.56. The Balaban J connectivity index is 1.90. The van der Waals surface area contributed by atoms with Gasteiger partial charge in [-0.05, 0) is 44.7 Å². The second kappa shape index (κ2) is 7.25. The van der Waals surface area contributed by atoms with Crippen LogP contribution in [0.4, 0.5) is 0 Å². The second-order valence-electron chi connectivity index (χ2n) is 6.95. The minimum atomic E-state index is -0.995. The zero-order chi connectivity index (χ0) is 16.2. The molecule has 1 saturated heterocycles. The van der Waals surface area contributed by atoms with Gasteiger partial charge in [0.15, 0.2) is 0 Å². The minimum Gasteiger partial charge on any atom is -0.350 e. The van der Waals surface area contributed by atoms with Crippen molar-refractivity contribution < 1.29 is 4.79 Å². The molecule has 3 unspecified atom stereocenters. The van der Waals surface area contributed by atoms with Crippen LogP contribution in [0.15, 0.2) is 30.3 Å². The molecule has 22 heavy (non-hydrogen) atoms. The van der Waals surface area contributed by atoms with E-state index in [1.807, 2.05) is 30.3 Å². The number of piperidine rings is 1. The van der Waals surface area contributed by atoms with Crippen LogP contribution in [0.3, 0.4) is 0 Å². The van der Waals surface area contributed by atoms with E-state index < -0.39 is 5.54 Å². The lowest BCUT2D eigenvalue weighted by Gasteiger charge is -2.34. The third-order valence-electron chi connectivity index (χ3n) is 4.50. The molecule has 4 heteroatoms.